The minimum Gasteiger partial charge on any atom is -0.494 e. The first-order valence-electron chi connectivity index (χ1n) is 12.2. The van der Waals surface area contributed by atoms with Crippen LogP contribution in [-0.4, -0.2) is 73.9 Å². The van der Waals surface area contributed by atoms with Crippen molar-refractivity contribution < 1.29 is 13.9 Å². The van der Waals surface area contributed by atoms with Gasteiger partial charge < -0.3 is 29.5 Å². The number of hydrogen-bond acceptors (Lipinski definition) is 9. The van der Waals surface area contributed by atoms with E-state index in [2.05, 4.69) is 28.2 Å². The summed E-state index contributed by atoms with van der Waals surface area (Å²) in [6.07, 6.45) is 2.70. The first-order chi connectivity index (χ1) is 17.1. The highest BCUT2D eigenvalue weighted by Crippen LogP contribution is 2.39. The Hall–Kier alpha value is -3.16. The number of likely N-dealkylation sites (tertiary alicyclic amines) is 1. The van der Waals surface area contributed by atoms with E-state index in [1.165, 1.54) is 12.5 Å². The van der Waals surface area contributed by atoms with Crippen LogP contribution in [-0.2, 0) is 13.1 Å². The molecule has 0 spiro atoms. The highest BCUT2D eigenvalue weighted by Gasteiger charge is 2.33. The first kappa shape index (κ1) is 23.6. The quantitative estimate of drug-likeness (QED) is 0.640. The van der Waals surface area contributed by atoms with Crippen molar-refractivity contribution in [3.63, 3.8) is 0 Å². The highest BCUT2D eigenvalue weighted by molar-refractivity contribution is 5.64. The van der Waals surface area contributed by atoms with Crippen LogP contribution < -0.4 is 24.6 Å². The van der Waals surface area contributed by atoms with Crippen molar-refractivity contribution in [1.82, 2.24) is 20.2 Å². The number of likely N-dealkylation sites (N-methyl/N-ethyl adjacent to an activating group) is 1. The highest BCUT2D eigenvalue weighted by atomic mass is 19.1. The number of rotatable bonds is 7. The van der Waals surface area contributed by atoms with Gasteiger partial charge in [0, 0.05) is 43.8 Å². The first-order valence-corrected chi connectivity index (χ1v) is 12.2. The Morgan fingerprint density at radius 1 is 1.23 bits per heavy atom. The number of nitrogens with zero attached hydrogens (tertiary/aromatic N) is 6. The van der Waals surface area contributed by atoms with Crippen LogP contribution >= 0.6 is 0 Å². The lowest BCUT2D eigenvalue weighted by atomic mass is 10.1. The molecule has 2 aromatic rings. The molecule has 1 N–H and O–H groups in total. The fraction of sp³-hybridized carbons (Fsp3) is 0.560. The second-order valence-electron chi connectivity index (χ2n) is 9.45. The number of halogens is 1. The lowest BCUT2D eigenvalue weighted by molar-refractivity contribution is 0.187. The van der Waals surface area contributed by atoms with Gasteiger partial charge in [0.15, 0.2) is 0 Å². The summed E-state index contributed by atoms with van der Waals surface area (Å²) in [5.74, 6) is 0.972. The summed E-state index contributed by atoms with van der Waals surface area (Å²) in [5, 5.41) is 12.6. The minimum absolute atomic E-state index is 0.0695. The van der Waals surface area contributed by atoms with Crippen LogP contribution in [0.3, 0.4) is 0 Å². The normalized spacial score (nSPS) is 22.2. The van der Waals surface area contributed by atoms with Crippen molar-refractivity contribution >= 4 is 11.5 Å². The zero-order chi connectivity index (χ0) is 24.4. The predicted octanol–water partition coefficient (Wildman–Crippen LogP) is 2.31. The largest absolute Gasteiger partial charge is 0.494 e. The molecule has 35 heavy (non-hydrogen) atoms. The molecule has 1 aromatic carbocycles. The summed E-state index contributed by atoms with van der Waals surface area (Å²) in [6.45, 7) is 4.72. The molecule has 2 atom stereocenters. The molecule has 1 aromatic heterocycles. The van der Waals surface area contributed by atoms with E-state index in [0.29, 0.717) is 56.2 Å². The van der Waals surface area contributed by atoms with Crippen LogP contribution in [0.1, 0.15) is 30.5 Å². The number of fused-ring (bicyclic) bond motifs is 1. The van der Waals surface area contributed by atoms with Gasteiger partial charge in [-0.25, -0.2) is 4.39 Å². The van der Waals surface area contributed by atoms with Crippen molar-refractivity contribution in [3.8, 4) is 17.8 Å². The van der Waals surface area contributed by atoms with Crippen LogP contribution in [0.4, 0.5) is 15.9 Å². The van der Waals surface area contributed by atoms with Crippen molar-refractivity contribution in [1.29, 1.82) is 5.26 Å². The number of nitriles is 1. The molecular weight excluding hydrogens is 449 g/mol. The molecule has 0 bridgehead atoms. The SMILES string of the molecule is COc1cccc(F)c1N1Cc2nc(OCC3CCCN3C)nc(N3CCNC(CC#N)C3)c2C1. The number of nitrogens with one attached hydrogen (secondary N) is 1. The summed E-state index contributed by atoms with van der Waals surface area (Å²) in [7, 11) is 3.67. The van der Waals surface area contributed by atoms with Gasteiger partial charge in [-0.1, -0.05) is 6.07 Å². The fourth-order valence-electron chi connectivity index (χ4n) is 5.29. The zero-order valence-corrected chi connectivity index (χ0v) is 20.3. The maximum atomic E-state index is 14.9. The van der Waals surface area contributed by atoms with Gasteiger partial charge in [-0.2, -0.15) is 15.2 Å². The van der Waals surface area contributed by atoms with Gasteiger partial charge in [0.1, 0.15) is 29.7 Å². The van der Waals surface area contributed by atoms with Crippen LogP contribution in [0.5, 0.6) is 11.8 Å². The number of benzene rings is 1. The lowest BCUT2D eigenvalue weighted by Crippen LogP contribution is -2.51. The third-order valence-corrected chi connectivity index (χ3v) is 7.19. The van der Waals surface area contributed by atoms with Gasteiger partial charge >= 0.3 is 6.01 Å². The number of hydrogen-bond donors (Lipinski definition) is 1. The Morgan fingerprint density at radius 2 is 2.11 bits per heavy atom. The number of para-hydroxylation sites is 1. The van der Waals surface area contributed by atoms with E-state index in [9.17, 15) is 9.65 Å². The van der Waals surface area contributed by atoms with E-state index in [1.54, 1.807) is 19.2 Å². The lowest BCUT2D eigenvalue weighted by Gasteiger charge is -2.34. The molecule has 0 radical (unpaired) electrons. The molecule has 2 fully saturated rings. The van der Waals surface area contributed by atoms with E-state index in [-0.39, 0.29) is 11.9 Å². The Balaban J connectivity index is 1.46. The standard InChI is InChI=1S/C25H32FN7O2/c1-31-11-4-5-18(31)16-35-25-29-21-15-33(23-20(26)6-3-7-22(23)34-2)14-19(21)24(30-25)32-12-10-28-17(13-32)8-9-27/h3,6-7,17-18,28H,4-5,8,10-16H2,1-2H3. The smallest absolute Gasteiger partial charge is 0.318 e. The second-order valence-corrected chi connectivity index (χ2v) is 9.45. The monoisotopic (exact) mass is 481 g/mol. The van der Waals surface area contributed by atoms with Gasteiger partial charge in [0.05, 0.1) is 31.8 Å². The molecule has 0 amide bonds. The third kappa shape index (κ3) is 4.83. The molecule has 3 aliphatic heterocycles. The number of ether oxygens (including phenoxy) is 2. The van der Waals surface area contributed by atoms with Gasteiger partial charge in [-0.05, 0) is 38.6 Å². The molecule has 3 aliphatic rings. The van der Waals surface area contributed by atoms with E-state index in [1.807, 2.05) is 4.90 Å². The molecule has 0 aliphatic carbocycles. The predicted molar refractivity (Wildman–Crippen MR) is 130 cm³/mol. The fourth-order valence-corrected chi connectivity index (χ4v) is 5.29. The van der Waals surface area contributed by atoms with E-state index in [0.717, 1.165) is 43.1 Å². The molecular formula is C25H32FN7O2. The number of piperazine rings is 1. The molecule has 5 rings (SSSR count). The summed E-state index contributed by atoms with van der Waals surface area (Å²) in [4.78, 5) is 16.1. The Morgan fingerprint density at radius 3 is 2.89 bits per heavy atom. The number of anilines is 2. The van der Waals surface area contributed by atoms with Crippen molar-refractivity contribution in [2.75, 3.05) is 56.7 Å². The maximum Gasteiger partial charge on any atom is 0.318 e. The van der Waals surface area contributed by atoms with Crippen molar-refractivity contribution in [2.24, 2.45) is 0 Å². The summed E-state index contributed by atoms with van der Waals surface area (Å²) in [5.41, 5.74) is 2.24. The van der Waals surface area contributed by atoms with E-state index < -0.39 is 0 Å². The average molecular weight is 482 g/mol. The van der Waals surface area contributed by atoms with Crippen molar-refractivity contribution in [2.45, 2.75) is 44.4 Å². The average Bonchev–Trinajstić information content (AvgIpc) is 3.48. The van der Waals surface area contributed by atoms with Gasteiger partial charge in [0.2, 0.25) is 0 Å². The summed E-state index contributed by atoms with van der Waals surface area (Å²) >= 11 is 0. The number of aromatic nitrogens is 2. The van der Waals surface area contributed by atoms with Crippen LogP contribution in [0, 0.1) is 17.1 Å². The minimum atomic E-state index is -0.330. The van der Waals surface area contributed by atoms with Gasteiger partial charge in [-0.15, -0.1) is 0 Å². The molecule has 10 heteroatoms. The molecule has 0 saturated carbocycles. The Labute approximate surface area is 205 Å². The van der Waals surface area contributed by atoms with Gasteiger partial charge in [0.25, 0.3) is 0 Å². The van der Waals surface area contributed by atoms with Crippen LogP contribution in [0.2, 0.25) is 0 Å². The molecule has 4 heterocycles. The molecule has 186 valence electrons. The topological polar surface area (TPSA) is 89.8 Å². The second kappa shape index (κ2) is 10.2. The van der Waals surface area contributed by atoms with Gasteiger partial charge in [-0.3, -0.25) is 0 Å². The Bertz CT molecular complexity index is 1110. The molecule has 2 unspecified atom stereocenters. The molecule has 9 nitrogen and oxygen atoms in total. The van der Waals surface area contributed by atoms with Crippen molar-refractivity contribution in [3.05, 3.63) is 35.3 Å². The van der Waals surface area contributed by atoms with Crippen LogP contribution in [0.25, 0.3) is 0 Å². The Kier molecular flexibility index (Phi) is 6.88. The van der Waals surface area contributed by atoms with E-state index >= 15 is 0 Å². The van der Waals surface area contributed by atoms with Crippen LogP contribution in [0.15, 0.2) is 18.2 Å². The molecule has 2 saturated heterocycles. The number of methoxy groups -OCH3 is 1. The third-order valence-electron chi connectivity index (χ3n) is 7.19. The zero-order valence-electron chi connectivity index (χ0n) is 20.3. The van der Waals surface area contributed by atoms with E-state index in [4.69, 9.17) is 19.4 Å². The summed E-state index contributed by atoms with van der Waals surface area (Å²) < 4.78 is 26.5. The summed E-state index contributed by atoms with van der Waals surface area (Å²) in [6, 6.07) is 7.91. The maximum absolute atomic E-state index is 14.9.